The Labute approximate surface area is 146 Å². The van der Waals surface area contributed by atoms with Crippen LogP contribution in [0.1, 0.15) is 5.56 Å². The van der Waals surface area contributed by atoms with Gasteiger partial charge in [-0.15, -0.1) is 11.8 Å². The summed E-state index contributed by atoms with van der Waals surface area (Å²) < 4.78 is 30.9. The molecule has 3 aliphatic rings. The molecule has 2 aromatic carbocycles. The summed E-state index contributed by atoms with van der Waals surface area (Å²) in [6.07, 6.45) is 0. The number of halogens is 3. The molecule has 3 nitrogen and oxygen atoms in total. The van der Waals surface area contributed by atoms with E-state index >= 15 is 0 Å². The smallest absolute Gasteiger partial charge is 0.387 e. The summed E-state index contributed by atoms with van der Waals surface area (Å²) in [5.74, 6) is 1.24. The highest BCUT2D eigenvalue weighted by molar-refractivity contribution is 8.00. The number of fused-ring (bicyclic) bond motifs is 4. The lowest BCUT2D eigenvalue weighted by Gasteiger charge is -2.44. The van der Waals surface area contributed by atoms with Gasteiger partial charge in [-0.3, -0.25) is 0 Å². The second-order valence-corrected chi connectivity index (χ2v) is 7.82. The van der Waals surface area contributed by atoms with Gasteiger partial charge >= 0.3 is 6.61 Å². The van der Waals surface area contributed by atoms with E-state index in [-0.39, 0.29) is 11.0 Å². The molecule has 7 heteroatoms. The van der Waals surface area contributed by atoms with E-state index < -0.39 is 6.61 Å². The van der Waals surface area contributed by atoms with Gasteiger partial charge in [0.15, 0.2) is 11.0 Å². The van der Waals surface area contributed by atoms with Crippen molar-refractivity contribution in [2.24, 2.45) is 4.99 Å². The maximum absolute atomic E-state index is 12.8. The van der Waals surface area contributed by atoms with Crippen molar-refractivity contribution < 1.29 is 13.5 Å². The minimum atomic E-state index is -2.85. The van der Waals surface area contributed by atoms with Crippen LogP contribution in [0.15, 0.2) is 46.3 Å². The molecule has 1 spiro atoms. The zero-order valence-electron chi connectivity index (χ0n) is 12.4. The van der Waals surface area contributed by atoms with Crippen LogP contribution in [0, 0.1) is 0 Å². The molecule has 24 heavy (non-hydrogen) atoms. The van der Waals surface area contributed by atoms with E-state index in [2.05, 4.69) is 0 Å². The van der Waals surface area contributed by atoms with E-state index in [0.717, 1.165) is 29.3 Å². The van der Waals surface area contributed by atoms with Crippen LogP contribution in [0.3, 0.4) is 0 Å². The molecule has 122 valence electrons. The molecule has 2 bridgehead atoms. The number of para-hydroxylation sites is 1. The van der Waals surface area contributed by atoms with Gasteiger partial charge in [-0.2, -0.15) is 13.8 Å². The van der Waals surface area contributed by atoms with Gasteiger partial charge in [0.1, 0.15) is 18.8 Å². The van der Waals surface area contributed by atoms with Crippen LogP contribution >= 0.6 is 23.4 Å². The third kappa shape index (κ3) is 1.90. The standard InChI is InChI=1S/C17H12ClF2N2OS/c18-10-4-5-13-9(6-10)7-22-8-14(24-13)16(22)21-11-2-1-3-12(15(11)22)23-17(19)20/h1-6,14,17H,7-8H2/q+1/t14-,22-/m1/s1. The fourth-order valence-corrected chi connectivity index (χ4v) is 5.50. The van der Waals surface area contributed by atoms with Gasteiger partial charge in [0.05, 0.1) is 0 Å². The summed E-state index contributed by atoms with van der Waals surface area (Å²) >= 11 is 7.94. The molecule has 0 saturated carbocycles. The number of hydrogen-bond acceptors (Lipinski definition) is 3. The number of nitrogens with zero attached hydrogens (tertiary/aromatic N) is 2. The summed E-state index contributed by atoms with van der Waals surface area (Å²) in [6.45, 7) is -1.36. The molecule has 0 aliphatic carbocycles. The first kappa shape index (κ1) is 14.7. The van der Waals surface area contributed by atoms with Gasteiger partial charge in [-0.05, 0) is 30.3 Å². The Balaban J connectivity index is 1.67. The number of rotatable bonds is 2. The van der Waals surface area contributed by atoms with Crippen LogP contribution in [-0.2, 0) is 6.54 Å². The van der Waals surface area contributed by atoms with Crippen LogP contribution in [0.5, 0.6) is 5.75 Å². The van der Waals surface area contributed by atoms with Gasteiger partial charge in [-0.1, -0.05) is 17.7 Å². The molecule has 5 rings (SSSR count). The third-order valence-corrected chi connectivity index (χ3v) is 6.32. The average Bonchev–Trinajstić information content (AvgIpc) is 2.64. The summed E-state index contributed by atoms with van der Waals surface area (Å²) in [4.78, 5) is 5.92. The molecule has 2 atom stereocenters. The molecular formula is C17H12ClF2N2OS+. The van der Waals surface area contributed by atoms with Gasteiger partial charge in [0, 0.05) is 15.5 Å². The predicted octanol–water partition coefficient (Wildman–Crippen LogP) is 4.98. The Morgan fingerprint density at radius 3 is 3.00 bits per heavy atom. The zero-order chi connectivity index (χ0) is 16.5. The van der Waals surface area contributed by atoms with Crippen molar-refractivity contribution in [2.75, 3.05) is 6.54 Å². The topological polar surface area (TPSA) is 21.6 Å². The van der Waals surface area contributed by atoms with Crippen molar-refractivity contribution in [2.45, 2.75) is 23.3 Å². The van der Waals surface area contributed by atoms with E-state index in [1.54, 1.807) is 23.9 Å². The minimum Gasteiger partial charge on any atom is -0.428 e. The largest absolute Gasteiger partial charge is 0.428 e. The fourth-order valence-electron chi connectivity index (χ4n) is 3.89. The third-order valence-electron chi connectivity index (χ3n) is 4.79. The normalized spacial score (nSPS) is 26.0. The summed E-state index contributed by atoms with van der Waals surface area (Å²) in [5.41, 5.74) is 2.61. The number of thioether (sulfide) groups is 1. The van der Waals surface area contributed by atoms with Crippen LogP contribution in [0.25, 0.3) is 0 Å². The number of alkyl halides is 2. The monoisotopic (exact) mass is 365 g/mol. The van der Waals surface area contributed by atoms with E-state index in [4.69, 9.17) is 21.3 Å². The first-order chi connectivity index (χ1) is 11.6. The second kappa shape index (κ2) is 4.94. The molecule has 3 heterocycles. The number of quaternary nitrogens is 1. The molecule has 2 aromatic rings. The molecular weight excluding hydrogens is 354 g/mol. The zero-order valence-corrected chi connectivity index (χ0v) is 14.0. The highest BCUT2D eigenvalue weighted by Gasteiger charge is 2.61. The molecule has 0 aromatic heterocycles. The molecule has 1 saturated heterocycles. The van der Waals surface area contributed by atoms with Crippen LogP contribution < -0.4 is 9.22 Å². The van der Waals surface area contributed by atoms with E-state index in [0.29, 0.717) is 16.1 Å². The lowest BCUT2D eigenvalue weighted by atomic mass is 10.0. The Bertz CT molecular complexity index is 904. The number of benzene rings is 2. The number of ether oxygens (including phenoxy) is 1. The van der Waals surface area contributed by atoms with Gasteiger partial charge in [-0.25, -0.2) is 4.48 Å². The number of hydrogen-bond donors (Lipinski definition) is 0. The van der Waals surface area contributed by atoms with E-state index in [9.17, 15) is 8.78 Å². The predicted molar refractivity (Wildman–Crippen MR) is 91.6 cm³/mol. The van der Waals surface area contributed by atoms with Crippen molar-refractivity contribution in [3.05, 3.63) is 47.0 Å². The highest BCUT2D eigenvalue weighted by atomic mass is 35.5. The Morgan fingerprint density at radius 2 is 2.17 bits per heavy atom. The minimum absolute atomic E-state index is 0.218. The fraction of sp³-hybridized carbons (Fsp3) is 0.235. The van der Waals surface area contributed by atoms with Gasteiger partial charge in [0.25, 0.3) is 0 Å². The van der Waals surface area contributed by atoms with Crippen LogP contribution in [-0.4, -0.2) is 24.2 Å². The van der Waals surface area contributed by atoms with E-state index in [1.165, 1.54) is 4.90 Å². The molecule has 0 N–H and O–H groups in total. The number of amidine groups is 1. The Kier molecular flexibility index (Phi) is 3.02. The maximum Gasteiger partial charge on any atom is 0.387 e. The van der Waals surface area contributed by atoms with Crippen molar-refractivity contribution in [3.63, 3.8) is 0 Å². The summed E-state index contributed by atoms with van der Waals surface area (Å²) in [6, 6.07) is 11.0. The first-order valence-electron chi connectivity index (χ1n) is 7.56. The summed E-state index contributed by atoms with van der Waals surface area (Å²) in [5, 5.41) is 0.946. The Morgan fingerprint density at radius 1 is 1.29 bits per heavy atom. The average molecular weight is 366 g/mol. The van der Waals surface area contributed by atoms with Crippen molar-refractivity contribution in [1.29, 1.82) is 0 Å². The van der Waals surface area contributed by atoms with Gasteiger partial charge < -0.3 is 4.74 Å². The molecule has 0 amide bonds. The molecule has 0 unspecified atom stereocenters. The molecule has 0 radical (unpaired) electrons. The second-order valence-electron chi connectivity index (χ2n) is 6.14. The quantitative estimate of drug-likeness (QED) is 0.700. The Hall–Kier alpha value is -1.63. The first-order valence-corrected chi connectivity index (χ1v) is 8.82. The maximum atomic E-state index is 12.8. The van der Waals surface area contributed by atoms with Crippen molar-refractivity contribution >= 4 is 40.6 Å². The molecule has 3 aliphatic heterocycles. The van der Waals surface area contributed by atoms with Crippen LogP contribution in [0.4, 0.5) is 20.2 Å². The SMILES string of the molecule is FC(F)Oc1cccc2c1[N@@+]13Cc4cc(Cl)ccc4S[C@H](C1)C3=N2. The van der Waals surface area contributed by atoms with Crippen molar-refractivity contribution in [1.82, 2.24) is 4.48 Å². The lowest BCUT2D eigenvalue weighted by molar-refractivity contribution is -0.0502. The molecule has 1 fully saturated rings. The number of aliphatic imine (C=N–C) groups is 1. The summed E-state index contributed by atoms with van der Waals surface area (Å²) in [7, 11) is 0. The van der Waals surface area contributed by atoms with Gasteiger partial charge in [0.2, 0.25) is 11.5 Å². The highest BCUT2D eigenvalue weighted by Crippen LogP contribution is 2.57. The van der Waals surface area contributed by atoms with Crippen molar-refractivity contribution in [3.8, 4) is 5.75 Å². The lowest BCUT2D eigenvalue weighted by Crippen LogP contribution is -2.68. The van der Waals surface area contributed by atoms with Crippen LogP contribution in [0.2, 0.25) is 5.02 Å². The van der Waals surface area contributed by atoms with E-state index in [1.807, 2.05) is 24.3 Å².